The third kappa shape index (κ3) is 16.6. The van der Waals surface area contributed by atoms with E-state index in [1.165, 1.54) is 5.56 Å². The maximum Gasteiger partial charge on any atom is 0.495 e. The lowest BCUT2D eigenvalue weighted by Gasteiger charge is -2.32. The molecule has 0 bridgehead atoms. The molecule has 2 saturated heterocycles. The monoisotopic (exact) mass is 1500 g/mol. The van der Waals surface area contributed by atoms with Crippen molar-refractivity contribution in [1.82, 2.24) is 44.9 Å². The van der Waals surface area contributed by atoms with Gasteiger partial charge in [0.1, 0.15) is 0 Å². The largest absolute Gasteiger partial charge is 1.00 e. The highest BCUT2D eigenvalue weighted by atomic mass is 35.5. The fourth-order valence-corrected chi connectivity index (χ4v) is 13.8. The Hall–Kier alpha value is -12.3. The molecule has 16 heteroatoms. The summed E-state index contributed by atoms with van der Waals surface area (Å²) in [6, 6.07) is 111. The fourth-order valence-electron chi connectivity index (χ4n) is 13.6. The van der Waals surface area contributed by atoms with Crippen LogP contribution in [0.2, 0.25) is 5.28 Å². The van der Waals surface area contributed by atoms with E-state index in [2.05, 4.69) is 252 Å². The molecule has 0 atom stereocenters. The van der Waals surface area contributed by atoms with Crippen LogP contribution < -0.4 is 10.9 Å². The molecule has 0 unspecified atom stereocenters. The number of rotatable bonds is 13. The molecule has 2 aliphatic heterocycles. The predicted octanol–water partition coefficient (Wildman–Crippen LogP) is 22.7. The van der Waals surface area contributed by atoms with Crippen LogP contribution in [-0.2, 0) is 18.6 Å². The zero-order valence-electron chi connectivity index (χ0n) is 64.9. The van der Waals surface area contributed by atoms with Crippen LogP contribution in [0.4, 0.5) is 0 Å². The van der Waals surface area contributed by atoms with E-state index >= 15 is 0 Å². The maximum atomic E-state index is 6.31. The van der Waals surface area contributed by atoms with E-state index in [1.54, 1.807) is 0 Å². The number of fused-ring (bicyclic) bond motifs is 2. The number of hydrogen-bond donors (Lipinski definition) is 0. The first kappa shape index (κ1) is 77.4. The molecule has 2 fully saturated rings. The number of nitrogens with zero attached hydrogens (tertiary/aromatic N) is 9. The van der Waals surface area contributed by atoms with Crippen LogP contribution in [0.1, 0.15) is 64.2 Å². The third-order valence-corrected chi connectivity index (χ3v) is 21.3. The molecule has 13 aromatic carbocycles. The minimum absolute atomic E-state index is 0. The Morgan fingerprint density at radius 1 is 0.221 bits per heavy atom. The van der Waals surface area contributed by atoms with Gasteiger partial charge in [-0.25, -0.2) is 34.9 Å². The normalized spacial score (nSPS) is 14.2. The molecule has 13 nitrogen and oxygen atoms in total. The van der Waals surface area contributed by atoms with E-state index in [4.69, 9.17) is 60.1 Å². The first-order valence-corrected chi connectivity index (χ1v) is 37.6. The Bertz CT molecular complexity index is 5670. The van der Waals surface area contributed by atoms with Crippen molar-refractivity contribution < 1.29 is 20.0 Å². The molecule has 0 saturated carbocycles. The quantitative estimate of drug-likeness (QED) is 0.0796. The number of halogens is 1. The molecule has 0 amide bonds. The Morgan fingerprint density at radius 2 is 0.416 bits per heavy atom. The van der Waals surface area contributed by atoms with Crippen molar-refractivity contribution in [1.29, 1.82) is 0 Å². The molecule has 2 aliphatic rings. The Balaban J connectivity index is 0.000000168. The van der Waals surface area contributed by atoms with Crippen molar-refractivity contribution in [3.05, 3.63) is 340 Å². The van der Waals surface area contributed by atoms with Crippen LogP contribution >= 0.6 is 11.6 Å². The highest BCUT2D eigenvalue weighted by Crippen LogP contribution is 2.41. The van der Waals surface area contributed by atoms with Gasteiger partial charge in [-0.2, -0.15) is 9.97 Å². The lowest BCUT2D eigenvalue weighted by Crippen LogP contribution is -2.41. The molecular formula is C97H86B2ClN9O4-2. The minimum Gasteiger partial charge on any atom is -1.00 e. The van der Waals surface area contributed by atoms with Crippen LogP contribution in [-0.4, -0.2) is 81.5 Å². The van der Waals surface area contributed by atoms with Crippen LogP contribution in [0.25, 0.3) is 146 Å². The van der Waals surface area contributed by atoms with Gasteiger partial charge in [-0.1, -0.05) is 335 Å². The molecule has 16 aromatic rings. The summed E-state index contributed by atoms with van der Waals surface area (Å²) in [6.45, 7) is 16.6. The zero-order valence-corrected chi connectivity index (χ0v) is 64.6. The van der Waals surface area contributed by atoms with Gasteiger partial charge in [0.05, 0.1) is 22.4 Å². The Morgan fingerprint density at radius 3 is 0.681 bits per heavy atom. The van der Waals surface area contributed by atoms with Gasteiger partial charge in [0.15, 0.2) is 46.6 Å². The van der Waals surface area contributed by atoms with Crippen molar-refractivity contribution in [2.75, 3.05) is 0 Å². The lowest BCUT2D eigenvalue weighted by atomic mass is 9.71. The van der Waals surface area contributed by atoms with Gasteiger partial charge in [0.25, 0.3) is 0 Å². The van der Waals surface area contributed by atoms with Gasteiger partial charge >= 0.3 is 14.2 Å². The molecule has 0 aliphatic carbocycles. The highest BCUT2D eigenvalue weighted by Gasteiger charge is 2.54. The number of aromatic nitrogens is 9. The SMILES string of the molecule is C.CC1(C)OB(c2cccc3c(B4OC(C)(C)C(C)(C)O4)cccc23)OC1(C)C.Clc1nc(-c2ccccc2)nc(-c2ccc(-c3ccccc3)cc2)n1.[2H-].[CH3-].c1ccc(-c2ccc(-c3nc(-c4ccccc4)nc(-c4cccc5c(-c6nc(-c7ccccc7)nc(-c7ccc(-c8ccccc8)cc7)n6)cccc45)n3)cc2)cc1. The van der Waals surface area contributed by atoms with E-state index in [1.807, 2.05) is 146 Å². The van der Waals surface area contributed by atoms with Gasteiger partial charge in [-0.05, 0) is 133 Å². The van der Waals surface area contributed by atoms with Crippen molar-refractivity contribution in [2.24, 2.45) is 0 Å². The molecule has 0 spiro atoms. The molecule has 3 aromatic heterocycles. The summed E-state index contributed by atoms with van der Waals surface area (Å²) in [7, 11) is -0.801. The van der Waals surface area contributed by atoms with Crippen LogP contribution in [0, 0.1) is 7.43 Å². The van der Waals surface area contributed by atoms with Gasteiger partial charge < -0.3 is 27.5 Å². The second kappa shape index (κ2) is 32.9. The standard InChI is InChI=1S/C52H34N6.C22H30B2O4.C21H14ClN3.CH4.CH3.H/c1-5-15-35(16-6-1)37-27-31-41(32-28-37)49-53-47(39-19-9-3-10-20-39)55-51(57-49)45-25-13-24-44-43(45)23-14-26-46(44)52-56-48(40-21-11-4-12-22-40)54-50(58-52)42-33-29-38(30-34-42)36-17-7-2-8-18-36;1-19(2)20(3,4)26-23(25-19)17-13-9-12-16-15(17)11-10-14-18(16)24-27-21(5,6)22(7,8)28-24;22-21-24-19(17-9-5-2-6-10-17)23-20(25-21)18-13-11-16(12-14-18)15-7-3-1-4-8-15;;;/h1-34H;9-14H,1-8H3;1-14H;1H4;1H3;/q;;;;2*-1/i;;;;;1+1. The van der Waals surface area contributed by atoms with Crippen LogP contribution in [0.5, 0.6) is 0 Å². The van der Waals surface area contributed by atoms with E-state index in [0.717, 1.165) is 105 Å². The zero-order chi connectivity index (χ0) is 76.3. The number of benzene rings is 13. The average Bonchev–Trinajstić information content (AvgIpc) is 1.54. The second-order valence-electron chi connectivity index (χ2n) is 29.5. The summed E-state index contributed by atoms with van der Waals surface area (Å²) < 4.78 is 25.2. The second-order valence-corrected chi connectivity index (χ2v) is 29.8. The van der Waals surface area contributed by atoms with Gasteiger partial charge in [0.2, 0.25) is 5.28 Å². The summed E-state index contributed by atoms with van der Waals surface area (Å²) in [6.07, 6.45) is 0. The van der Waals surface area contributed by atoms with Crippen molar-refractivity contribution in [2.45, 2.75) is 85.2 Å². The number of hydrogen-bond acceptors (Lipinski definition) is 13. The fraction of sp³-hybridized carbons (Fsp3) is 0.134. The van der Waals surface area contributed by atoms with Gasteiger partial charge in [-0.15, -0.1) is 0 Å². The minimum atomic E-state index is -0.401. The van der Waals surface area contributed by atoms with E-state index in [9.17, 15) is 0 Å². The van der Waals surface area contributed by atoms with Crippen molar-refractivity contribution in [3.63, 3.8) is 0 Å². The predicted molar refractivity (Wildman–Crippen MR) is 465 cm³/mol. The Kier molecular flexibility index (Phi) is 22.6. The molecular weight excluding hydrogens is 1410 g/mol. The molecule has 0 N–H and O–H groups in total. The van der Waals surface area contributed by atoms with Crippen LogP contribution in [0.3, 0.4) is 0 Å². The average molecular weight is 1500 g/mol. The molecule has 5 heterocycles. The van der Waals surface area contributed by atoms with Gasteiger partial charge in [0, 0.05) is 44.5 Å². The van der Waals surface area contributed by atoms with E-state index < -0.39 is 14.2 Å². The van der Waals surface area contributed by atoms with Crippen molar-refractivity contribution >= 4 is 58.3 Å². The first-order chi connectivity index (χ1) is 53.9. The summed E-state index contributed by atoms with van der Waals surface area (Å²) in [5, 5.41) is 4.36. The molecule has 113 heavy (non-hydrogen) atoms. The Labute approximate surface area is 669 Å². The highest BCUT2D eigenvalue weighted by molar-refractivity contribution is 6.68. The molecule has 0 radical (unpaired) electrons. The van der Waals surface area contributed by atoms with E-state index in [-0.39, 0.29) is 44.0 Å². The molecule has 18 rings (SSSR count). The van der Waals surface area contributed by atoms with Crippen molar-refractivity contribution in [3.8, 4) is 124 Å². The topological polar surface area (TPSA) is 153 Å². The summed E-state index contributed by atoms with van der Waals surface area (Å²) in [4.78, 5) is 43.5. The third-order valence-electron chi connectivity index (χ3n) is 21.1. The summed E-state index contributed by atoms with van der Waals surface area (Å²) in [5.74, 6) is 4.72. The lowest BCUT2D eigenvalue weighted by molar-refractivity contribution is 0.00578. The first-order valence-electron chi connectivity index (χ1n) is 37.2. The summed E-state index contributed by atoms with van der Waals surface area (Å²) >= 11 is 6.11. The van der Waals surface area contributed by atoms with Gasteiger partial charge in [-0.3, -0.25) is 0 Å². The van der Waals surface area contributed by atoms with E-state index in [0.29, 0.717) is 46.6 Å². The smallest absolute Gasteiger partial charge is 0.495 e. The maximum absolute atomic E-state index is 6.31. The summed E-state index contributed by atoms with van der Waals surface area (Å²) in [5.41, 5.74) is 14.7. The molecule has 558 valence electrons. The van der Waals surface area contributed by atoms with Crippen LogP contribution in [0.15, 0.2) is 328 Å².